The third kappa shape index (κ3) is 9.08. The normalized spacial score (nSPS) is 15.3. The maximum absolute atomic E-state index is 2.08. The molecule has 0 aromatic heterocycles. The van der Waals surface area contributed by atoms with Crippen molar-refractivity contribution in [3.05, 3.63) is 31.6 Å². The van der Waals surface area contributed by atoms with Crippen LogP contribution < -0.4 is 0 Å². The van der Waals surface area contributed by atoms with Crippen molar-refractivity contribution < 1.29 is 26.2 Å². The summed E-state index contributed by atoms with van der Waals surface area (Å²) in [4.78, 5) is 0. The van der Waals surface area contributed by atoms with Gasteiger partial charge in [0.2, 0.25) is 0 Å². The first-order valence-electron chi connectivity index (χ1n) is 2.08. The molecule has 0 unspecified atom stereocenters. The first-order chi connectivity index (χ1) is 2.89. The second-order valence-corrected chi connectivity index (χ2v) is 1.46. The standard InChI is InChI=1S/C6H7.3B.Zr/c1-6-4-2-3-5-6;;;;/h2-5H,1H3;;;;/q;3*-1;+4. The van der Waals surface area contributed by atoms with Crippen LogP contribution >= 0.6 is 0 Å². The van der Waals surface area contributed by atoms with E-state index in [1.54, 1.807) is 0 Å². The van der Waals surface area contributed by atoms with Crippen molar-refractivity contribution in [2.75, 3.05) is 0 Å². The Morgan fingerprint density at radius 1 is 0.900 bits per heavy atom. The van der Waals surface area contributed by atoms with Crippen LogP contribution in [-0.2, 0) is 26.2 Å². The molecule has 10 heavy (non-hydrogen) atoms. The van der Waals surface area contributed by atoms with Crippen molar-refractivity contribution in [2.45, 2.75) is 6.92 Å². The Morgan fingerprint density at radius 3 is 1.30 bits per heavy atom. The zero-order valence-electron chi connectivity index (χ0n) is 6.04. The van der Waals surface area contributed by atoms with Crippen molar-refractivity contribution in [2.24, 2.45) is 0 Å². The fraction of sp³-hybridized carbons (Fsp3) is 0.167. The molecule has 0 N–H and O–H groups in total. The topological polar surface area (TPSA) is 0 Å². The Hall–Kier alpha value is 1.08. The summed E-state index contributed by atoms with van der Waals surface area (Å²) in [7, 11) is 0. The van der Waals surface area contributed by atoms with Crippen LogP contribution in [0.3, 0.4) is 0 Å². The molecule has 0 aromatic carbocycles. The molecule has 1 rings (SSSR count). The molecule has 1 fully saturated rings. The molecule has 0 heterocycles. The van der Waals surface area contributed by atoms with Crippen LogP contribution in [-0.4, -0.2) is 25.2 Å². The average molecular weight is 203 g/mol. The van der Waals surface area contributed by atoms with Crippen molar-refractivity contribution >= 4 is 25.2 Å². The first-order valence-corrected chi connectivity index (χ1v) is 2.08. The first kappa shape index (κ1) is 22.5. The van der Waals surface area contributed by atoms with E-state index in [2.05, 4.69) is 19.8 Å². The molecular formula is C6H7B3Zr+. The van der Waals surface area contributed by atoms with Gasteiger partial charge in [0.25, 0.3) is 0 Å². The number of rotatable bonds is 0. The van der Waals surface area contributed by atoms with Gasteiger partial charge in [0.05, 0.1) is 0 Å². The maximum atomic E-state index is 2.08. The molecule has 1 aliphatic carbocycles. The number of hydrogen-bond donors (Lipinski definition) is 0. The maximum Gasteiger partial charge on any atom is 4.00 e. The molecule has 0 nitrogen and oxygen atoms in total. The minimum atomic E-state index is 0. The molecule has 43 valence electrons. The second kappa shape index (κ2) is 12.7. The minimum Gasteiger partial charge on any atom is -1.00 e. The van der Waals surface area contributed by atoms with Crippen LogP contribution in [0.4, 0.5) is 0 Å². The summed E-state index contributed by atoms with van der Waals surface area (Å²) in [5, 5.41) is 0. The Morgan fingerprint density at radius 2 is 1.20 bits per heavy atom. The third-order valence-electron chi connectivity index (χ3n) is 0.829. The molecule has 0 saturated heterocycles. The largest absolute Gasteiger partial charge is 4.00 e. The molecule has 0 atom stereocenters. The van der Waals surface area contributed by atoms with E-state index in [0.29, 0.717) is 0 Å². The molecule has 0 bridgehead atoms. The Balaban J connectivity index is -0.0000000450. The van der Waals surface area contributed by atoms with Crippen molar-refractivity contribution in [3.63, 3.8) is 0 Å². The molecule has 0 amide bonds. The van der Waals surface area contributed by atoms with Crippen LogP contribution in [0, 0.1) is 31.6 Å². The van der Waals surface area contributed by atoms with Gasteiger partial charge in [-0.15, -0.1) is 0 Å². The van der Waals surface area contributed by atoms with E-state index in [-0.39, 0.29) is 51.4 Å². The van der Waals surface area contributed by atoms with Gasteiger partial charge < -0.3 is 25.2 Å². The van der Waals surface area contributed by atoms with Gasteiger partial charge in [0, 0.05) is 0 Å². The SMILES string of the molecule is C[C]1[CH][CH][CH][CH]1.[B-].[B-].[B-].[Zr+4]. The van der Waals surface area contributed by atoms with Crippen LogP contribution in [0.1, 0.15) is 6.92 Å². The molecular weight excluding hydrogens is 196 g/mol. The van der Waals surface area contributed by atoms with E-state index in [0.717, 1.165) is 0 Å². The van der Waals surface area contributed by atoms with Gasteiger partial charge in [-0.1, -0.05) is 6.92 Å². The molecule has 17 radical (unpaired) electrons. The predicted octanol–water partition coefficient (Wildman–Crippen LogP) is 0.267. The molecule has 0 aliphatic heterocycles. The predicted molar refractivity (Wildman–Crippen MR) is 43.4 cm³/mol. The Bertz CT molecular complexity index is 46.3. The van der Waals surface area contributed by atoms with E-state index in [4.69, 9.17) is 0 Å². The van der Waals surface area contributed by atoms with E-state index in [9.17, 15) is 0 Å². The monoisotopic (exact) mass is 202 g/mol. The molecule has 1 saturated carbocycles. The van der Waals surface area contributed by atoms with Gasteiger partial charge in [-0.05, 0) is 31.6 Å². The smallest absolute Gasteiger partial charge is 1.00 e. The van der Waals surface area contributed by atoms with Gasteiger partial charge in [-0.25, -0.2) is 0 Å². The van der Waals surface area contributed by atoms with Crippen molar-refractivity contribution in [3.8, 4) is 0 Å². The molecule has 0 aromatic rings. The van der Waals surface area contributed by atoms with Crippen LogP contribution in [0.25, 0.3) is 0 Å². The van der Waals surface area contributed by atoms with E-state index >= 15 is 0 Å². The van der Waals surface area contributed by atoms with E-state index in [1.807, 2.05) is 12.8 Å². The van der Waals surface area contributed by atoms with Gasteiger partial charge >= 0.3 is 26.2 Å². The van der Waals surface area contributed by atoms with Crippen LogP contribution in [0.15, 0.2) is 0 Å². The summed E-state index contributed by atoms with van der Waals surface area (Å²) < 4.78 is 0. The summed E-state index contributed by atoms with van der Waals surface area (Å²) in [6, 6.07) is 0. The summed E-state index contributed by atoms with van der Waals surface area (Å²) in [6.45, 7) is 2.08. The summed E-state index contributed by atoms with van der Waals surface area (Å²) in [5.41, 5.74) is 0. The molecule has 1 aliphatic rings. The Kier molecular flexibility index (Phi) is 28.6. The van der Waals surface area contributed by atoms with Crippen molar-refractivity contribution in [1.82, 2.24) is 0 Å². The van der Waals surface area contributed by atoms with Crippen molar-refractivity contribution in [1.29, 1.82) is 0 Å². The van der Waals surface area contributed by atoms with Crippen LogP contribution in [0.5, 0.6) is 0 Å². The van der Waals surface area contributed by atoms with Gasteiger partial charge in [-0.3, -0.25) is 0 Å². The van der Waals surface area contributed by atoms with Gasteiger partial charge in [-0.2, -0.15) is 0 Å². The fourth-order valence-electron chi connectivity index (χ4n) is 0.470. The molecule has 4 heteroatoms. The quantitative estimate of drug-likeness (QED) is 0.495. The van der Waals surface area contributed by atoms with Gasteiger partial charge in [0.15, 0.2) is 0 Å². The Labute approximate surface area is 89.8 Å². The summed E-state index contributed by atoms with van der Waals surface area (Å²) in [6.07, 6.45) is 8.24. The zero-order valence-corrected chi connectivity index (χ0v) is 8.50. The zero-order chi connectivity index (χ0) is 4.41. The summed E-state index contributed by atoms with van der Waals surface area (Å²) >= 11 is 0. The van der Waals surface area contributed by atoms with E-state index in [1.165, 1.54) is 5.92 Å². The number of hydrogen-bond acceptors (Lipinski definition) is 0. The second-order valence-electron chi connectivity index (χ2n) is 1.46. The minimum absolute atomic E-state index is 0. The van der Waals surface area contributed by atoms with E-state index < -0.39 is 0 Å². The third-order valence-corrected chi connectivity index (χ3v) is 0.829. The average Bonchev–Trinajstić information content (AvgIpc) is 1.86. The summed E-state index contributed by atoms with van der Waals surface area (Å²) in [5.74, 6) is 1.34. The van der Waals surface area contributed by atoms with Gasteiger partial charge in [0.1, 0.15) is 0 Å². The fourth-order valence-corrected chi connectivity index (χ4v) is 0.470. The van der Waals surface area contributed by atoms with Crippen LogP contribution in [0.2, 0.25) is 0 Å². The molecule has 0 spiro atoms.